The van der Waals surface area contributed by atoms with Gasteiger partial charge in [-0.25, -0.2) is 4.79 Å². The summed E-state index contributed by atoms with van der Waals surface area (Å²) in [6, 6.07) is 0. The van der Waals surface area contributed by atoms with Crippen molar-refractivity contribution in [2.24, 2.45) is 7.05 Å². The Morgan fingerprint density at radius 3 is 2.93 bits per heavy atom. The van der Waals surface area contributed by atoms with E-state index >= 15 is 0 Å². The molecular weight excluding hydrogens is 184 g/mol. The SMILES string of the molecule is COC(=O)c1nn(C)cc1C[C@H](C)O. The van der Waals surface area contributed by atoms with Gasteiger partial charge in [0.25, 0.3) is 0 Å². The highest BCUT2D eigenvalue weighted by Gasteiger charge is 2.17. The molecule has 0 fully saturated rings. The average molecular weight is 198 g/mol. The van der Waals surface area contributed by atoms with Crippen molar-refractivity contribution in [3.63, 3.8) is 0 Å². The Bertz CT molecular complexity index is 331. The predicted octanol–water partition coefficient (Wildman–Crippen LogP) is 0.130. The summed E-state index contributed by atoms with van der Waals surface area (Å²) in [5.74, 6) is -0.471. The maximum absolute atomic E-state index is 11.2. The van der Waals surface area contributed by atoms with Crippen LogP contribution >= 0.6 is 0 Å². The number of aryl methyl sites for hydroxylation is 1. The zero-order valence-electron chi connectivity index (χ0n) is 8.52. The largest absolute Gasteiger partial charge is 0.464 e. The molecular formula is C9H14N2O3. The molecule has 0 aliphatic rings. The van der Waals surface area contributed by atoms with Crippen LogP contribution in [0.4, 0.5) is 0 Å². The summed E-state index contributed by atoms with van der Waals surface area (Å²) in [4.78, 5) is 11.2. The first-order valence-electron chi connectivity index (χ1n) is 4.33. The van der Waals surface area contributed by atoms with Crippen molar-refractivity contribution in [1.82, 2.24) is 9.78 Å². The van der Waals surface area contributed by atoms with Crippen molar-refractivity contribution < 1.29 is 14.6 Å². The number of nitrogens with zero attached hydrogens (tertiary/aromatic N) is 2. The molecule has 0 aliphatic heterocycles. The molecule has 1 aromatic rings. The van der Waals surface area contributed by atoms with Gasteiger partial charge in [0.15, 0.2) is 5.69 Å². The number of esters is 1. The normalized spacial score (nSPS) is 12.6. The first kappa shape index (κ1) is 10.7. The van der Waals surface area contributed by atoms with E-state index in [4.69, 9.17) is 0 Å². The molecule has 5 heteroatoms. The molecule has 1 atom stereocenters. The van der Waals surface area contributed by atoms with E-state index in [2.05, 4.69) is 9.84 Å². The van der Waals surface area contributed by atoms with Crippen LogP contribution in [-0.4, -0.2) is 34.1 Å². The van der Waals surface area contributed by atoms with Gasteiger partial charge in [-0.3, -0.25) is 4.68 Å². The fourth-order valence-electron chi connectivity index (χ4n) is 1.27. The topological polar surface area (TPSA) is 64.3 Å². The van der Waals surface area contributed by atoms with Crippen molar-refractivity contribution in [3.05, 3.63) is 17.5 Å². The molecule has 1 rings (SSSR count). The quantitative estimate of drug-likeness (QED) is 0.701. The molecule has 0 amide bonds. The van der Waals surface area contributed by atoms with Crippen molar-refractivity contribution in [2.75, 3.05) is 7.11 Å². The lowest BCUT2D eigenvalue weighted by molar-refractivity contribution is 0.0591. The maximum Gasteiger partial charge on any atom is 0.358 e. The molecule has 0 saturated carbocycles. The highest BCUT2D eigenvalue weighted by molar-refractivity contribution is 5.88. The average Bonchev–Trinajstić information content (AvgIpc) is 2.44. The van der Waals surface area contributed by atoms with E-state index in [0.29, 0.717) is 12.0 Å². The Balaban J connectivity index is 2.96. The fraction of sp³-hybridized carbons (Fsp3) is 0.556. The summed E-state index contributed by atoms with van der Waals surface area (Å²) >= 11 is 0. The minimum absolute atomic E-state index is 0.274. The lowest BCUT2D eigenvalue weighted by atomic mass is 10.1. The van der Waals surface area contributed by atoms with Gasteiger partial charge < -0.3 is 9.84 Å². The fourth-order valence-corrected chi connectivity index (χ4v) is 1.27. The molecule has 1 aromatic heterocycles. The van der Waals surface area contributed by atoms with E-state index in [1.807, 2.05) is 0 Å². The van der Waals surface area contributed by atoms with Gasteiger partial charge in [-0.05, 0) is 6.92 Å². The number of aliphatic hydroxyl groups excluding tert-OH is 1. The molecule has 1 heterocycles. The van der Waals surface area contributed by atoms with Crippen molar-refractivity contribution in [3.8, 4) is 0 Å². The highest BCUT2D eigenvalue weighted by atomic mass is 16.5. The first-order valence-corrected chi connectivity index (χ1v) is 4.33. The van der Waals surface area contributed by atoms with Crippen molar-refractivity contribution in [1.29, 1.82) is 0 Å². The first-order chi connectivity index (χ1) is 6.54. The van der Waals surface area contributed by atoms with Crippen LogP contribution in [0.1, 0.15) is 23.0 Å². The van der Waals surface area contributed by atoms with E-state index in [-0.39, 0.29) is 5.69 Å². The number of aromatic nitrogens is 2. The molecule has 0 aromatic carbocycles. The predicted molar refractivity (Wildman–Crippen MR) is 49.9 cm³/mol. The minimum atomic E-state index is -0.498. The van der Waals surface area contributed by atoms with Crippen LogP contribution in [0, 0.1) is 0 Å². The summed E-state index contributed by atoms with van der Waals surface area (Å²) in [7, 11) is 3.03. The standard InChI is InChI=1S/C9H14N2O3/c1-6(12)4-7-5-11(2)10-8(7)9(13)14-3/h5-6,12H,4H2,1-3H3/t6-/m0/s1. The van der Waals surface area contributed by atoms with Gasteiger partial charge in [0.1, 0.15) is 0 Å². The third-order valence-electron chi connectivity index (χ3n) is 1.80. The smallest absolute Gasteiger partial charge is 0.358 e. The number of hydrogen-bond donors (Lipinski definition) is 1. The molecule has 0 saturated heterocycles. The summed E-state index contributed by atoms with van der Waals surface area (Å²) in [6.45, 7) is 1.66. The summed E-state index contributed by atoms with van der Waals surface area (Å²) in [5, 5.41) is 13.2. The van der Waals surface area contributed by atoms with Crippen LogP contribution in [0.3, 0.4) is 0 Å². The highest BCUT2D eigenvalue weighted by Crippen LogP contribution is 2.10. The van der Waals surface area contributed by atoms with Crippen LogP contribution in [0.25, 0.3) is 0 Å². The molecule has 0 unspecified atom stereocenters. The van der Waals surface area contributed by atoms with Crippen LogP contribution in [-0.2, 0) is 18.2 Å². The van der Waals surface area contributed by atoms with Gasteiger partial charge in [0, 0.05) is 25.2 Å². The Morgan fingerprint density at radius 1 is 1.79 bits per heavy atom. The van der Waals surface area contributed by atoms with Gasteiger partial charge >= 0.3 is 5.97 Å². The minimum Gasteiger partial charge on any atom is -0.464 e. The second-order valence-electron chi connectivity index (χ2n) is 3.22. The molecule has 1 N–H and O–H groups in total. The van der Waals surface area contributed by atoms with Gasteiger partial charge in [-0.1, -0.05) is 0 Å². The molecule has 5 nitrogen and oxygen atoms in total. The summed E-state index contributed by atoms with van der Waals surface area (Å²) in [5.41, 5.74) is 0.977. The number of carbonyl (C=O) groups excluding carboxylic acids is 1. The second kappa shape index (κ2) is 4.23. The number of hydrogen-bond acceptors (Lipinski definition) is 4. The number of carbonyl (C=O) groups is 1. The van der Waals surface area contributed by atoms with Crippen LogP contribution in [0.15, 0.2) is 6.20 Å². The molecule has 0 spiro atoms. The summed E-state index contributed by atoms with van der Waals surface area (Å²) < 4.78 is 6.11. The van der Waals surface area contributed by atoms with Gasteiger partial charge in [0.2, 0.25) is 0 Å². The molecule has 14 heavy (non-hydrogen) atoms. The van der Waals surface area contributed by atoms with Crippen LogP contribution in [0.5, 0.6) is 0 Å². The zero-order chi connectivity index (χ0) is 10.7. The number of methoxy groups -OCH3 is 1. The number of aliphatic hydroxyl groups is 1. The molecule has 0 bridgehead atoms. The molecule has 0 radical (unpaired) electrons. The van der Waals surface area contributed by atoms with Gasteiger partial charge in [-0.2, -0.15) is 5.10 Å². The monoisotopic (exact) mass is 198 g/mol. The van der Waals surface area contributed by atoms with E-state index in [1.54, 1.807) is 20.2 Å². The Kier molecular flexibility index (Phi) is 3.24. The van der Waals surface area contributed by atoms with E-state index < -0.39 is 12.1 Å². The lowest BCUT2D eigenvalue weighted by Crippen LogP contribution is -2.10. The van der Waals surface area contributed by atoms with Crippen LogP contribution in [0.2, 0.25) is 0 Å². The van der Waals surface area contributed by atoms with Gasteiger partial charge in [-0.15, -0.1) is 0 Å². The van der Waals surface area contributed by atoms with E-state index in [0.717, 1.165) is 0 Å². The lowest BCUT2D eigenvalue weighted by Gasteiger charge is -2.02. The molecule has 0 aliphatic carbocycles. The van der Waals surface area contributed by atoms with Crippen molar-refractivity contribution in [2.45, 2.75) is 19.4 Å². The Morgan fingerprint density at radius 2 is 2.43 bits per heavy atom. The maximum atomic E-state index is 11.2. The third-order valence-corrected chi connectivity index (χ3v) is 1.80. The van der Waals surface area contributed by atoms with Gasteiger partial charge in [0.05, 0.1) is 13.2 Å². The molecule has 78 valence electrons. The van der Waals surface area contributed by atoms with E-state index in [9.17, 15) is 9.90 Å². The Labute approximate surface area is 82.3 Å². The third kappa shape index (κ3) is 2.32. The van der Waals surface area contributed by atoms with Crippen molar-refractivity contribution >= 4 is 5.97 Å². The number of rotatable bonds is 3. The Hall–Kier alpha value is -1.36. The second-order valence-corrected chi connectivity index (χ2v) is 3.22. The number of ether oxygens (including phenoxy) is 1. The summed E-state index contributed by atoms with van der Waals surface area (Å²) in [6.07, 6.45) is 1.61. The van der Waals surface area contributed by atoms with Crippen LogP contribution < -0.4 is 0 Å². The van der Waals surface area contributed by atoms with E-state index in [1.165, 1.54) is 11.8 Å². The zero-order valence-corrected chi connectivity index (χ0v) is 8.52.